The van der Waals surface area contributed by atoms with Crippen LogP contribution in [0.5, 0.6) is 0 Å². The zero-order valence-corrected chi connectivity index (χ0v) is 12.0. The summed E-state index contributed by atoms with van der Waals surface area (Å²) in [5.74, 6) is -0.241. The molecule has 0 unspecified atom stereocenters. The molecule has 2 rings (SSSR count). The molecular weight excluding hydrogens is 274 g/mol. The van der Waals surface area contributed by atoms with Crippen LogP contribution >= 0.6 is 0 Å². The van der Waals surface area contributed by atoms with Crippen LogP contribution in [0.3, 0.4) is 0 Å². The topological polar surface area (TPSA) is 83.8 Å². The van der Waals surface area contributed by atoms with Crippen molar-refractivity contribution < 1.29 is 14.5 Å². The van der Waals surface area contributed by atoms with Gasteiger partial charge in [0.1, 0.15) is 0 Å². The quantitative estimate of drug-likeness (QED) is 0.605. The molecule has 1 saturated heterocycles. The number of amides is 2. The van der Waals surface area contributed by atoms with Gasteiger partial charge in [-0.3, -0.25) is 19.7 Å². The van der Waals surface area contributed by atoms with Crippen LogP contribution in [-0.4, -0.2) is 52.7 Å². The van der Waals surface area contributed by atoms with Crippen molar-refractivity contribution in [3.8, 4) is 0 Å². The highest BCUT2D eigenvalue weighted by molar-refractivity contribution is 5.95. The molecule has 1 aliphatic rings. The van der Waals surface area contributed by atoms with Crippen LogP contribution in [0.15, 0.2) is 18.2 Å². The number of benzene rings is 1. The van der Waals surface area contributed by atoms with E-state index >= 15 is 0 Å². The monoisotopic (exact) mass is 291 g/mol. The first-order valence-electron chi connectivity index (χ1n) is 6.70. The normalized spacial score (nSPS) is 15.0. The van der Waals surface area contributed by atoms with E-state index in [1.807, 2.05) is 0 Å². The summed E-state index contributed by atoms with van der Waals surface area (Å²) in [5, 5.41) is 10.9. The fourth-order valence-electron chi connectivity index (χ4n) is 2.35. The lowest BCUT2D eigenvalue weighted by Gasteiger charge is -2.34. The molecule has 0 radical (unpaired) electrons. The van der Waals surface area contributed by atoms with Crippen molar-refractivity contribution in [1.82, 2.24) is 9.80 Å². The number of nitrogens with zero attached hydrogens (tertiary/aromatic N) is 3. The Hall–Kier alpha value is -2.44. The second kappa shape index (κ2) is 5.90. The minimum atomic E-state index is -0.486. The molecule has 0 aromatic heterocycles. The van der Waals surface area contributed by atoms with Gasteiger partial charge in [0.2, 0.25) is 5.91 Å². The number of nitro benzene ring substituents is 1. The van der Waals surface area contributed by atoms with Crippen LogP contribution in [0.25, 0.3) is 0 Å². The van der Waals surface area contributed by atoms with Gasteiger partial charge >= 0.3 is 0 Å². The van der Waals surface area contributed by atoms with Crippen molar-refractivity contribution in [3.63, 3.8) is 0 Å². The molecule has 0 atom stereocenters. The summed E-state index contributed by atoms with van der Waals surface area (Å²) in [6.45, 7) is 5.02. The van der Waals surface area contributed by atoms with Gasteiger partial charge in [-0.2, -0.15) is 0 Å². The number of piperazine rings is 1. The SMILES string of the molecule is CC(=O)N1CCN(C(=O)c2ccc(C)c([N+](=O)[O-])c2)CC1. The Morgan fingerprint density at radius 3 is 2.24 bits per heavy atom. The predicted octanol–water partition coefficient (Wildman–Crippen LogP) is 1.21. The summed E-state index contributed by atoms with van der Waals surface area (Å²) in [7, 11) is 0. The molecule has 7 heteroatoms. The third-order valence-corrected chi connectivity index (χ3v) is 3.66. The first-order chi connectivity index (χ1) is 9.90. The zero-order chi connectivity index (χ0) is 15.6. The van der Waals surface area contributed by atoms with Crippen molar-refractivity contribution in [2.75, 3.05) is 26.2 Å². The fraction of sp³-hybridized carbons (Fsp3) is 0.429. The Morgan fingerprint density at radius 2 is 1.71 bits per heavy atom. The van der Waals surface area contributed by atoms with Gasteiger partial charge in [-0.05, 0) is 13.0 Å². The molecule has 1 aromatic carbocycles. The van der Waals surface area contributed by atoms with Crippen LogP contribution in [0, 0.1) is 17.0 Å². The molecule has 0 aliphatic carbocycles. The van der Waals surface area contributed by atoms with Crippen molar-refractivity contribution in [2.45, 2.75) is 13.8 Å². The molecule has 1 heterocycles. The summed E-state index contributed by atoms with van der Waals surface area (Å²) in [6.07, 6.45) is 0. The van der Waals surface area contributed by atoms with Gasteiger partial charge < -0.3 is 9.80 Å². The van der Waals surface area contributed by atoms with Gasteiger partial charge in [0.25, 0.3) is 11.6 Å². The number of carbonyl (C=O) groups is 2. The summed E-state index contributed by atoms with van der Waals surface area (Å²) in [4.78, 5) is 37.4. The van der Waals surface area contributed by atoms with Crippen LogP contribution in [0.1, 0.15) is 22.8 Å². The van der Waals surface area contributed by atoms with Crippen molar-refractivity contribution in [2.24, 2.45) is 0 Å². The third-order valence-electron chi connectivity index (χ3n) is 3.66. The summed E-state index contributed by atoms with van der Waals surface area (Å²) < 4.78 is 0. The molecule has 1 aliphatic heterocycles. The third kappa shape index (κ3) is 3.18. The first-order valence-corrected chi connectivity index (χ1v) is 6.70. The van der Waals surface area contributed by atoms with Gasteiger partial charge in [0, 0.05) is 50.3 Å². The van der Waals surface area contributed by atoms with Crippen LogP contribution in [0.4, 0.5) is 5.69 Å². The number of hydrogen-bond acceptors (Lipinski definition) is 4. The molecule has 0 saturated carbocycles. The lowest BCUT2D eigenvalue weighted by Crippen LogP contribution is -2.50. The number of aryl methyl sites for hydroxylation is 1. The van der Waals surface area contributed by atoms with E-state index < -0.39 is 4.92 Å². The molecule has 112 valence electrons. The highest BCUT2D eigenvalue weighted by atomic mass is 16.6. The van der Waals surface area contributed by atoms with E-state index in [2.05, 4.69) is 0 Å². The zero-order valence-electron chi connectivity index (χ0n) is 12.0. The van der Waals surface area contributed by atoms with E-state index in [0.717, 1.165) is 0 Å². The summed E-state index contributed by atoms with van der Waals surface area (Å²) in [6, 6.07) is 4.49. The Kier molecular flexibility index (Phi) is 4.21. The number of hydrogen-bond donors (Lipinski definition) is 0. The smallest absolute Gasteiger partial charge is 0.273 e. The number of rotatable bonds is 2. The van der Waals surface area contributed by atoms with Gasteiger partial charge in [-0.1, -0.05) is 6.07 Å². The van der Waals surface area contributed by atoms with Crippen molar-refractivity contribution in [3.05, 3.63) is 39.4 Å². The molecule has 7 nitrogen and oxygen atoms in total. The highest BCUT2D eigenvalue weighted by Gasteiger charge is 2.24. The predicted molar refractivity (Wildman–Crippen MR) is 76.0 cm³/mol. The molecular formula is C14H17N3O4. The van der Waals surface area contributed by atoms with Crippen molar-refractivity contribution >= 4 is 17.5 Å². The second-order valence-corrected chi connectivity index (χ2v) is 5.06. The largest absolute Gasteiger partial charge is 0.339 e. The highest BCUT2D eigenvalue weighted by Crippen LogP contribution is 2.20. The maximum Gasteiger partial charge on any atom is 0.273 e. The maximum absolute atomic E-state index is 12.4. The van der Waals surface area contributed by atoms with Crippen molar-refractivity contribution in [1.29, 1.82) is 0 Å². The molecule has 0 bridgehead atoms. The summed E-state index contributed by atoms with van der Waals surface area (Å²) >= 11 is 0. The Bertz CT molecular complexity index is 592. The lowest BCUT2D eigenvalue weighted by molar-refractivity contribution is -0.385. The lowest BCUT2D eigenvalue weighted by atomic mass is 10.1. The Balaban J connectivity index is 2.13. The average molecular weight is 291 g/mol. The standard InChI is InChI=1S/C14H17N3O4/c1-10-3-4-12(9-13(10)17(20)21)14(19)16-7-5-15(6-8-16)11(2)18/h3-4,9H,5-8H2,1-2H3. The van der Waals surface area contributed by atoms with Crippen LogP contribution < -0.4 is 0 Å². The fourth-order valence-corrected chi connectivity index (χ4v) is 2.35. The number of nitro groups is 1. The average Bonchev–Trinajstić information content (AvgIpc) is 2.46. The van der Waals surface area contributed by atoms with E-state index in [4.69, 9.17) is 0 Å². The minimum Gasteiger partial charge on any atom is -0.339 e. The maximum atomic E-state index is 12.4. The van der Waals surface area contributed by atoms with Gasteiger partial charge in [-0.25, -0.2) is 0 Å². The summed E-state index contributed by atoms with van der Waals surface area (Å²) in [5.41, 5.74) is 0.782. The molecule has 1 fully saturated rings. The first kappa shape index (κ1) is 15.0. The molecule has 0 spiro atoms. The Morgan fingerprint density at radius 1 is 1.14 bits per heavy atom. The van der Waals surface area contributed by atoms with Gasteiger partial charge in [-0.15, -0.1) is 0 Å². The van der Waals surface area contributed by atoms with E-state index in [1.54, 1.807) is 28.9 Å². The molecule has 21 heavy (non-hydrogen) atoms. The minimum absolute atomic E-state index is 0.00641. The second-order valence-electron chi connectivity index (χ2n) is 5.06. The van der Waals surface area contributed by atoms with Gasteiger partial charge in [0.15, 0.2) is 0 Å². The van der Waals surface area contributed by atoms with E-state index in [0.29, 0.717) is 37.3 Å². The van der Waals surface area contributed by atoms with E-state index in [-0.39, 0.29) is 17.5 Å². The van der Waals surface area contributed by atoms with Crippen LogP contribution in [0.2, 0.25) is 0 Å². The molecule has 1 aromatic rings. The number of carbonyl (C=O) groups excluding carboxylic acids is 2. The molecule has 2 amide bonds. The van der Waals surface area contributed by atoms with Crippen LogP contribution in [-0.2, 0) is 4.79 Å². The molecule has 0 N–H and O–H groups in total. The Labute approximate surface area is 122 Å². The van der Waals surface area contributed by atoms with E-state index in [1.165, 1.54) is 13.0 Å². The van der Waals surface area contributed by atoms with Gasteiger partial charge in [0.05, 0.1) is 4.92 Å². The van der Waals surface area contributed by atoms with E-state index in [9.17, 15) is 19.7 Å².